The summed E-state index contributed by atoms with van der Waals surface area (Å²) in [4.78, 5) is 16.6. The molecule has 13 heteroatoms. The largest absolute Gasteiger partial charge is 0.350 e. The number of hydrogen-bond acceptors (Lipinski definition) is 4. The fourth-order valence-electron chi connectivity index (χ4n) is 3.13. The molecule has 194 valence electrons. The molecule has 4 aliphatic rings. The van der Waals surface area contributed by atoms with E-state index < -0.39 is 0 Å². The topological polar surface area (TPSA) is 25.9 Å². The third-order valence-corrected chi connectivity index (χ3v) is 8.19. The molecule has 0 radical (unpaired) electrons. The molecule has 0 spiro atoms. The van der Waals surface area contributed by atoms with Gasteiger partial charge in [-0.05, 0) is 48.9 Å². The molecule has 8 nitrogen and oxygen atoms in total. The van der Waals surface area contributed by atoms with E-state index in [1.807, 2.05) is 56.4 Å². The summed E-state index contributed by atoms with van der Waals surface area (Å²) in [7, 11) is 16.2. The van der Waals surface area contributed by atoms with Crippen molar-refractivity contribution in [1.82, 2.24) is 39.2 Å². The predicted octanol–water partition coefficient (Wildman–Crippen LogP) is 0.592. The summed E-state index contributed by atoms with van der Waals surface area (Å²) < 4.78 is 0. The van der Waals surface area contributed by atoms with Gasteiger partial charge in [0.15, 0.2) is 20.4 Å². The van der Waals surface area contributed by atoms with E-state index in [4.69, 9.17) is 48.9 Å². The van der Waals surface area contributed by atoms with E-state index in [9.17, 15) is 0 Å². The van der Waals surface area contributed by atoms with Crippen molar-refractivity contribution >= 4 is 69.3 Å². The van der Waals surface area contributed by atoms with E-state index in [0.29, 0.717) is 0 Å². The third kappa shape index (κ3) is 10.3. The fourth-order valence-corrected chi connectivity index (χ4v) is 3.86. The Morgan fingerprint density at radius 3 is 0.455 bits per heavy atom. The number of likely N-dealkylation sites (N-methyl/N-ethyl adjacent to an activating group) is 8. The molecular weight excluding hydrogens is 676 g/mol. The molecule has 0 bridgehead atoms. The standard InChI is InChI=1S/4C5H10N2S.Pt/c4*1-6-3-4-7(2)5(6)8;/h4*3-4H2,1-2H3;. The second kappa shape index (κ2) is 15.4. The molecule has 0 atom stereocenters. The average Bonchev–Trinajstić information content (AvgIpc) is 3.44. The van der Waals surface area contributed by atoms with Crippen LogP contribution in [0.15, 0.2) is 0 Å². The summed E-state index contributed by atoms with van der Waals surface area (Å²) in [5, 5.41) is 3.85. The Bertz CT molecular complexity index is 522. The molecule has 0 aliphatic carbocycles. The molecule has 0 N–H and O–H groups in total. The van der Waals surface area contributed by atoms with Gasteiger partial charge in [-0.3, -0.25) is 0 Å². The third-order valence-electron chi connectivity index (χ3n) is 5.70. The van der Waals surface area contributed by atoms with Gasteiger partial charge >= 0.3 is 0 Å². The van der Waals surface area contributed by atoms with Crippen LogP contribution in [0.1, 0.15) is 0 Å². The molecule has 0 aromatic rings. The SMILES string of the molecule is CN1CCN(C)C1=S.CN1CCN(C)C1=S.CN1CCN(C)C1=S.CN1CCN(C)C1=S.[Pt]. The van der Waals surface area contributed by atoms with Gasteiger partial charge in [-0.25, -0.2) is 0 Å². The van der Waals surface area contributed by atoms with Gasteiger partial charge in [0.25, 0.3) is 0 Å². The van der Waals surface area contributed by atoms with Gasteiger partial charge in [-0.1, -0.05) is 0 Å². The average molecular weight is 716 g/mol. The number of thiocarbonyl (C=S) groups is 4. The van der Waals surface area contributed by atoms with Crippen molar-refractivity contribution in [2.75, 3.05) is 109 Å². The fraction of sp³-hybridized carbons (Fsp3) is 0.800. The van der Waals surface area contributed by atoms with Crippen molar-refractivity contribution in [3.05, 3.63) is 0 Å². The van der Waals surface area contributed by atoms with E-state index in [0.717, 1.165) is 72.8 Å². The van der Waals surface area contributed by atoms with Crippen molar-refractivity contribution in [2.24, 2.45) is 0 Å². The maximum absolute atomic E-state index is 5.02. The van der Waals surface area contributed by atoms with Gasteiger partial charge in [0.2, 0.25) is 0 Å². The molecule has 4 rings (SSSR count). The zero-order chi connectivity index (χ0) is 24.6. The van der Waals surface area contributed by atoms with Crippen molar-refractivity contribution < 1.29 is 21.1 Å². The minimum Gasteiger partial charge on any atom is -0.350 e. The summed E-state index contributed by atoms with van der Waals surface area (Å²) in [6.45, 7) is 8.63. The first-order valence-corrected chi connectivity index (χ1v) is 12.3. The molecule has 4 fully saturated rings. The minimum absolute atomic E-state index is 0. The van der Waals surface area contributed by atoms with E-state index in [1.54, 1.807) is 0 Å². The zero-order valence-electron chi connectivity index (χ0n) is 21.2. The molecule has 0 saturated carbocycles. The van der Waals surface area contributed by atoms with Crippen LogP contribution in [0.5, 0.6) is 0 Å². The van der Waals surface area contributed by atoms with Gasteiger partial charge in [0.05, 0.1) is 0 Å². The normalized spacial score (nSPS) is 19.9. The Hall–Kier alpha value is -0.552. The molecule has 4 heterocycles. The number of hydrogen-bond donors (Lipinski definition) is 0. The second-order valence-electron chi connectivity index (χ2n) is 8.50. The van der Waals surface area contributed by atoms with E-state index >= 15 is 0 Å². The number of nitrogens with zero attached hydrogens (tertiary/aromatic N) is 8. The predicted molar refractivity (Wildman–Crippen MR) is 151 cm³/mol. The molecule has 0 unspecified atom stereocenters. The summed E-state index contributed by atoms with van der Waals surface area (Å²) in [5.41, 5.74) is 0. The molecule has 33 heavy (non-hydrogen) atoms. The van der Waals surface area contributed by atoms with Crippen LogP contribution in [0.25, 0.3) is 0 Å². The quantitative estimate of drug-likeness (QED) is 0.329. The Morgan fingerprint density at radius 2 is 0.424 bits per heavy atom. The van der Waals surface area contributed by atoms with Gasteiger partial charge in [-0.15, -0.1) is 0 Å². The first kappa shape index (κ1) is 32.4. The molecule has 0 aromatic heterocycles. The van der Waals surface area contributed by atoms with Crippen molar-refractivity contribution in [1.29, 1.82) is 0 Å². The molecule has 0 aromatic carbocycles. The smallest absolute Gasteiger partial charge is 0.171 e. The van der Waals surface area contributed by atoms with Crippen LogP contribution >= 0.6 is 48.9 Å². The van der Waals surface area contributed by atoms with Gasteiger partial charge in [-0.2, -0.15) is 0 Å². The van der Waals surface area contributed by atoms with Crippen molar-refractivity contribution in [3.63, 3.8) is 0 Å². The number of rotatable bonds is 0. The van der Waals surface area contributed by atoms with Crippen LogP contribution in [0.2, 0.25) is 0 Å². The van der Waals surface area contributed by atoms with Crippen LogP contribution in [0, 0.1) is 0 Å². The Kier molecular flexibility index (Phi) is 15.2. The Labute approximate surface area is 237 Å². The summed E-state index contributed by atoms with van der Waals surface area (Å²) in [5.74, 6) is 0. The van der Waals surface area contributed by atoms with Crippen LogP contribution in [0.3, 0.4) is 0 Å². The Morgan fingerprint density at radius 1 is 0.333 bits per heavy atom. The van der Waals surface area contributed by atoms with Gasteiger partial charge in [0, 0.05) is 130 Å². The van der Waals surface area contributed by atoms with Crippen LogP contribution < -0.4 is 0 Å². The Balaban J connectivity index is 0.000000410. The molecule has 4 saturated heterocycles. The maximum atomic E-state index is 5.02. The molecule has 0 amide bonds. The monoisotopic (exact) mass is 715 g/mol. The van der Waals surface area contributed by atoms with Crippen molar-refractivity contribution in [3.8, 4) is 0 Å². The first-order valence-electron chi connectivity index (χ1n) is 10.7. The molecule has 4 aliphatic heterocycles. The summed E-state index contributed by atoms with van der Waals surface area (Å²) in [6.07, 6.45) is 0. The van der Waals surface area contributed by atoms with Crippen LogP contribution in [0.4, 0.5) is 0 Å². The summed E-state index contributed by atoms with van der Waals surface area (Å²) in [6, 6.07) is 0. The second-order valence-corrected chi connectivity index (χ2v) is 9.96. The molecular formula is C20H40N8PtS4. The zero-order valence-corrected chi connectivity index (χ0v) is 26.7. The van der Waals surface area contributed by atoms with Crippen LogP contribution in [-0.4, -0.2) is 168 Å². The van der Waals surface area contributed by atoms with Crippen molar-refractivity contribution in [2.45, 2.75) is 0 Å². The van der Waals surface area contributed by atoms with Gasteiger partial charge in [0.1, 0.15) is 0 Å². The van der Waals surface area contributed by atoms with E-state index in [1.165, 1.54) is 0 Å². The van der Waals surface area contributed by atoms with E-state index in [2.05, 4.69) is 39.2 Å². The maximum Gasteiger partial charge on any atom is 0.171 e. The van der Waals surface area contributed by atoms with E-state index in [-0.39, 0.29) is 21.1 Å². The minimum atomic E-state index is 0. The first-order chi connectivity index (χ1) is 14.9. The van der Waals surface area contributed by atoms with Gasteiger partial charge < -0.3 is 39.2 Å². The van der Waals surface area contributed by atoms with Crippen LogP contribution in [-0.2, 0) is 21.1 Å². The summed E-state index contributed by atoms with van der Waals surface area (Å²) >= 11 is 20.1.